The van der Waals surface area contributed by atoms with Crippen LogP contribution in [0.1, 0.15) is 174 Å². The number of carbonyl (C=O) groups is 9. The van der Waals surface area contributed by atoms with E-state index in [2.05, 4.69) is 45.7 Å². The van der Waals surface area contributed by atoms with Gasteiger partial charge < -0.3 is 74.5 Å². The molecule has 7 atom stereocenters. The van der Waals surface area contributed by atoms with Gasteiger partial charge >= 0.3 is 17.9 Å². The highest BCUT2D eigenvalue weighted by Crippen LogP contribution is 2.15. The number of carboxylic acid groups (broad SMARTS) is 1. The Hall–Kier alpha value is -5.40. The van der Waals surface area contributed by atoms with Gasteiger partial charge in [0.1, 0.15) is 49.0 Å². The molecule has 0 fully saturated rings. The summed E-state index contributed by atoms with van der Waals surface area (Å²) in [7, 11) is 0. The number of aliphatic hydroxyl groups excluding tert-OH is 1. The number of benzene rings is 1. The topological polar surface area (TPSA) is 389 Å². The molecule has 1 aromatic rings. The highest BCUT2D eigenvalue weighted by atomic mass is 32.2. The van der Waals surface area contributed by atoms with Gasteiger partial charge in [-0.25, -0.2) is 4.79 Å². The van der Waals surface area contributed by atoms with Crippen molar-refractivity contribution in [2.75, 3.05) is 50.9 Å². The number of esters is 2. The smallest absolute Gasteiger partial charge is 0.326 e. The van der Waals surface area contributed by atoms with Gasteiger partial charge in [0.2, 0.25) is 35.4 Å². The Kier molecular flexibility index (Phi) is 42.8. The van der Waals surface area contributed by atoms with E-state index in [4.69, 9.17) is 32.4 Å². The largest absolute Gasteiger partial charge is 0.480 e. The monoisotopic (exact) mass is 1160 g/mol. The fraction of sp³-hybridized carbons (Fsp3) is 0.737. The number of unbranched alkanes of at least 4 members (excludes halogenated alkanes) is 12. The Morgan fingerprint density at radius 3 is 1.33 bits per heavy atom. The van der Waals surface area contributed by atoms with E-state index in [9.17, 15) is 53.4 Å². The van der Waals surface area contributed by atoms with Crippen molar-refractivity contribution in [1.29, 1.82) is 0 Å². The number of carboxylic acids is 1. The normalized spacial score (nSPS) is 13.7. The van der Waals surface area contributed by atoms with Crippen molar-refractivity contribution in [2.24, 2.45) is 22.9 Å². The standard InChI is InChI=1S/C57H100N10O13S/c1-3-5-7-9-14-30-50(70)79-38-42(80-51(71)31-15-10-8-6-4-2)39-81-40-48(62-49(69)36-41-24-12-11-13-25-41)56(76)67-47(37-68)55(75)65-44(27-17-21-33-59)53(73)63-43(26-16-20-32-58)52(72)64-45(28-18-22-34-60)54(74)66-46(57(77)78)29-19-23-35-61/h11-13,24-25,42-48,68H,3-10,14-23,26-40,58-61H2,1-2H3,(H,62,69)(H,63,73)(H,64,72)(H,65,75)(H,66,74)(H,67,76)(H,77,78)/t42?,43-,44-,45-,46-,47-,48+/m0/s1. The molecule has 6 amide bonds. The van der Waals surface area contributed by atoms with Crippen LogP contribution in [-0.2, 0) is 59.0 Å². The number of aliphatic hydroxyl groups is 1. The second-order valence-electron chi connectivity index (χ2n) is 20.4. The average molecular weight is 1170 g/mol. The van der Waals surface area contributed by atoms with Crippen LogP contribution in [0.4, 0.5) is 0 Å². The lowest BCUT2D eigenvalue weighted by molar-refractivity contribution is -0.157. The number of nitrogens with one attached hydrogen (secondary N) is 6. The average Bonchev–Trinajstić information content (AvgIpc) is 3.44. The van der Waals surface area contributed by atoms with Gasteiger partial charge in [-0.15, -0.1) is 0 Å². The first kappa shape index (κ1) is 73.6. The van der Waals surface area contributed by atoms with E-state index < -0.39 is 102 Å². The van der Waals surface area contributed by atoms with E-state index in [0.29, 0.717) is 82.9 Å². The van der Waals surface area contributed by atoms with Crippen LogP contribution in [0.3, 0.4) is 0 Å². The molecule has 0 aliphatic rings. The maximum Gasteiger partial charge on any atom is 0.326 e. The Bertz CT molecular complexity index is 1960. The Morgan fingerprint density at radius 1 is 0.481 bits per heavy atom. The third-order valence-corrected chi connectivity index (χ3v) is 14.4. The first-order chi connectivity index (χ1) is 39.1. The van der Waals surface area contributed by atoms with Crippen LogP contribution >= 0.6 is 11.8 Å². The number of hydrogen-bond donors (Lipinski definition) is 12. The lowest BCUT2D eigenvalue weighted by atomic mass is 10.0. The van der Waals surface area contributed by atoms with Crippen LogP contribution in [0.5, 0.6) is 0 Å². The quantitative estimate of drug-likeness (QED) is 0.0329. The molecule has 0 saturated carbocycles. The predicted molar refractivity (Wildman–Crippen MR) is 313 cm³/mol. The number of thioether (sulfide) groups is 1. The van der Waals surface area contributed by atoms with Crippen LogP contribution in [0, 0.1) is 0 Å². The molecule has 24 heteroatoms. The van der Waals surface area contributed by atoms with Crippen molar-refractivity contribution in [3.8, 4) is 0 Å². The van der Waals surface area contributed by atoms with Gasteiger partial charge in [-0.3, -0.25) is 38.4 Å². The maximum atomic E-state index is 14.2. The molecule has 0 radical (unpaired) electrons. The first-order valence-electron chi connectivity index (χ1n) is 29.5. The fourth-order valence-corrected chi connectivity index (χ4v) is 9.52. The highest BCUT2D eigenvalue weighted by Gasteiger charge is 2.33. The van der Waals surface area contributed by atoms with Gasteiger partial charge in [0.25, 0.3) is 0 Å². The minimum absolute atomic E-state index is 0.0243. The zero-order chi connectivity index (χ0) is 60.0. The van der Waals surface area contributed by atoms with Gasteiger partial charge in [0.15, 0.2) is 0 Å². The summed E-state index contributed by atoms with van der Waals surface area (Å²) < 4.78 is 11.3. The summed E-state index contributed by atoms with van der Waals surface area (Å²) >= 11 is 1.14. The molecule has 0 heterocycles. The SMILES string of the molecule is CCCCCCCC(=O)OCC(CSC[C@@H](NC(=O)Cc1ccccc1)C(=O)N[C@@H](CO)C(=O)N[C@@H](CCCCN)C(=O)N[C@@H](CCCCN)C(=O)N[C@@H](CCCCN)C(=O)N[C@@H](CCCCN)C(=O)O)OC(=O)CCCCCCC. The Labute approximate surface area is 484 Å². The molecule has 1 rings (SSSR count). The number of hydrogen-bond acceptors (Lipinski definition) is 17. The van der Waals surface area contributed by atoms with Crippen molar-refractivity contribution in [3.05, 3.63) is 35.9 Å². The first-order valence-corrected chi connectivity index (χ1v) is 30.6. The Balaban J connectivity index is 3.42. The second-order valence-corrected chi connectivity index (χ2v) is 21.5. The summed E-state index contributed by atoms with van der Waals surface area (Å²) in [4.78, 5) is 121. The van der Waals surface area contributed by atoms with Crippen LogP contribution < -0.4 is 54.8 Å². The van der Waals surface area contributed by atoms with Gasteiger partial charge in [0.05, 0.1) is 13.0 Å². The van der Waals surface area contributed by atoms with E-state index >= 15 is 0 Å². The van der Waals surface area contributed by atoms with E-state index in [1.165, 1.54) is 0 Å². The molecule has 0 aliphatic carbocycles. The molecular weight excluding hydrogens is 1060 g/mol. The summed E-state index contributed by atoms with van der Waals surface area (Å²) in [5.41, 5.74) is 23.5. The molecule has 0 spiro atoms. The molecule has 0 saturated heterocycles. The minimum atomic E-state index is -1.64. The van der Waals surface area contributed by atoms with Crippen LogP contribution in [0.2, 0.25) is 0 Å². The summed E-state index contributed by atoms with van der Waals surface area (Å²) in [5.74, 6) is -6.79. The molecule has 0 aliphatic heterocycles. The lowest BCUT2D eigenvalue weighted by Crippen LogP contribution is -2.60. The number of rotatable bonds is 50. The number of amides is 6. The van der Waals surface area contributed by atoms with E-state index in [1.54, 1.807) is 30.3 Å². The van der Waals surface area contributed by atoms with Crippen molar-refractivity contribution in [3.63, 3.8) is 0 Å². The number of aliphatic carboxylic acids is 1. The van der Waals surface area contributed by atoms with E-state index in [0.717, 1.165) is 63.1 Å². The predicted octanol–water partition coefficient (Wildman–Crippen LogP) is 2.64. The van der Waals surface area contributed by atoms with Crippen LogP contribution in [0.15, 0.2) is 30.3 Å². The molecule has 1 unspecified atom stereocenters. The van der Waals surface area contributed by atoms with E-state index in [1.807, 2.05) is 0 Å². The molecular formula is C57H100N10O13S. The number of carbonyl (C=O) groups excluding carboxylic acids is 8. The van der Waals surface area contributed by atoms with E-state index in [-0.39, 0.29) is 76.1 Å². The minimum Gasteiger partial charge on any atom is -0.480 e. The lowest BCUT2D eigenvalue weighted by Gasteiger charge is -2.27. The third-order valence-electron chi connectivity index (χ3n) is 13.3. The zero-order valence-electron chi connectivity index (χ0n) is 48.4. The van der Waals surface area contributed by atoms with Gasteiger partial charge in [-0.1, -0.05) is 95.5 Å². The molecule has 81 heavy (non-hydrogen) atoms. The Morgan fingerprint density at radius 2 is 0.889 bits per heavy atom. The third kappa shape index (κ3) is 35.3. The summed E-state index contributed by atoms with van der Waals surface area (Å²) in [6, 6.07) is 0.835. The van der Waals surface area contributed by atoms with Crippen molar-refractivity contribution in [1.82, 2.24) is 31.9 Å². The van der Waals surface area contributed by atoms with Crippen molar-refractivity contribution < 1.29 is 62.8 Å². The van der Waals surface area contributed by atoms with Crippen LogP contribution in [0.25, 0.3) is 0 Å². The highest BCUT2D eigenvalue weighted by molar-refractivity contribution is 7.99. The maximum absolute atomic E-state index is 14.2. The van der Waals surface area contributed by atoms with Crippen molar-refractivity contribution >= 4 is 65.1 Å². The molecule has 462 valence electrons. The molecule has 16 N–H and O–H groups in total. The number of nitrogens with two attached hydrogens (primary N) is 4. The summed E-state index contributed by atoms with van der Waals surface area (Å²) in [6.45, 7) is 4.23. The zero-order valence-corrected chi connectivity index (χ0v) is 49.2. The molecule has 23 nitrogen and oxygen atoms in total. The van der Waals surface area contributed by atoms with Crippen LogP contribution in [-0.4, -0.2) is 157 Å². The van der Waals surface area contributed by atoms with Gasteiger partial charge in [-0.2, -0.15) is 11.8 Å². The molecule has 1 aromatic carbocycles. The van der Waals surface area contributed by atoms with Crippen molar-refractivity contribution in [2.45, 2.75) is 217 Å². The van der Waals surface area contributed by atoms with Gasteiger partial charge in [0, 0.05) is 24.3 Å². The summed E-state index contributed by atoms with van der Waals surface area (Å²) in [6.07, 6.45) is 12.5. The summed E-state index contributed by atoms with van der Waals surface area (Å²) in [5, 5.41) is 36.2. The second kappa shape index (κ2) is 47.1. The number of ether oxygens (including phenoxy) is 2. The molecule has 0 aromatic heterocycles. The fourth-order valence-electron chi connectivity index (χ4n) is 8.48. The molecule has 0 bridgehead atoms. The van der Waals surface area contributed by atoms with Gasteiger partial charge in [-0.05, 0) is 122 Å².